The molecule has 18 heavy (non-hydrogen) atoms. The van der Waals surface area contributed by atoms with E-state index >= 15 is 0 Å². The second kappa shape index (κ2) is 7.44. The predicted molar refractivity (Wildman–Crippen MR) is 73.5 cm³/mol. The van der Waals surface area contributed by atoms with Crippen molar-refractivity contribution in [2.45, 2.75) is 53.2 Å². The molecule has 0 saturated heterocycles. The number of nitrogens with zero attached hydrogens (tertiary/aromatic N) is 2. The maximum Gasteiger partial charge on any atom is 0.157 e. The monoisotopic (exact) mass is 251 g/mol. The SMILES string of the molecule is CCCC(OC)c1nc(C)c(CNCC)c(C)n1. The average Bonchev–Trinajstić information content (AvgIpc) is 2.34. The van der Waals surface area contributed by atoms with Crippen molar-refractivity contribution in [2.24, 2.45) is 0 Å². The van der Waals surface area contributed by atoms with Gasteiger partial charge in [0.2, 0.25) is 0 Å². The summed E-state index contributed by atoms with van der Waals surface area (Å²) in [4.78, 5) is 9.20. The van der Waals surface area contributed by atoms with Gasteiger partial charge < -0.3 is 10.1 Å². The number of aryl methyl sites for hydroxylation is 2. The molecule has 1 unspecified atom stereocenters. The quantitative estimate of drug-likeness (QED) is 0.809. The Balaban J connectivity index is 2.97. The van der Waals surface area contributed by atoms with Crippen molar-refractivity contribution >= 4 is 0 Å². The number of aromatic nitrogens is 2. The Labute approximate surface area is 110 Å². The summed E-state index contributed by atoms with van der Waals surface area (Å²) in [7, 11) is 1.72. The van der Waals surface area contributed by atoms with Gasteiger partial charge in [0.25, 0.3) is 0 Å². The van der Waals surface area contributed by atoms with Crippen molar-refractivity contribution in [1.29, 1.82) is 0 Å². The molecule has 0 aliphatic rings. The standard InChI is InChI=1S/C14H25N3O/c1-6-8-13(18-5)14-16-10(3)12(9-15-7-2)11(4)17-14/h13,15H,6-9H2,1-5H3. The molecule has 4 nitrogen and oxygen atoms in total. The lowest BCUT2D eigenvalue weighted by Crippen LogP contribution is -2.17. The van der Waals surface area contributed by atoms with Crippen molar-refractivity contribution in [1.82, 2.24) is 15.3 Å². The van der Waals surface area contributed by atoms with E-state index in [0.717, 1.165) is 43.1 Å². The molecule has 1 N–H and O–H groups in total. The summed E-state index contributed by atoms with van der Waals surface area (Å²) >= 11 is 0. The van der Waals surface area contributed by atoms with Gasteiger partial charge in [-0.05, 0) is 26.8 Å². The van der Waals surface area contributed by atoms with Gasteiger partial charge >= 0.3 is 0 Å². The van der Waals surface area contributed by atoms with Crippen LogP contribution in [-0.4, -0.2) is 23.6 Å². The molecule has 1 atom stereocenters. The van der Waals surface area contributed by atoms with Crippen LogP contribution in [0.25, 0.3) is 0 Å². The summed E-state index contributed by atoms with van der Waals surface area (Å²) in [5, 5.41) is 3.32. The van der Waals surface area contributed by atoms with Crippen LogP contribution in [0, 0.1) is 13.8 Å². The first-order valence-corrected chi connectivity index (χ1v) is 6.71. The zero-order valence-electron chi connectivity index (χ0n) is 12.2. The lowest BCUT2D eigenvalue weighted by molar-refractivity contribution is 0.0872. The Kier molecular flexibility index (Phi) is 6.22. The molecule has 1 aromatic heterocycles. The third-order valence-electron chi connectivity index (χ3n) is 3.11. The molecule has 0 aliphatic heterocycles. The maximum absolute atomic E-state index is 5.47. The van der Waals surface area contributed by atoms with E-state index in [4.69, 9.17) is 4.74 Å². The fraction of sp³-hybridized carbons (Fsp3) is 0.714. The van der Waals surface area contributed by atoms with Crippen LogP contribution in [0.1, 0.15) is 55.6 Å². The average molecular weight is 251 g/mol. The summed E-state index contributed by atoms with van der Waals surface area (Å²) in [5.41, 5.74) is 3.31. The van der Waals surface area contributed by atoms with Gasteiger partial charge in [0.05, 0.1) is 0 Å². The van der Waals surface area contributed by atoms with Crippen LogP contribution in [0.2, 0.25) is 0 Å². The second-order valence-corrected chi connectivity index (χ2v) is 4.52. The van der Waals surface area contributed by atoms with Gasteiger partial charge in [-0.1, -0.05) is 20.3 Å². The summed E-state index contributed by atoms with van der Waals surface area (Å²) in [6.07, 6.45) is 2.04. The molecular weight excluding hydrogens is 226 g/mol. The molecule has 102 valence electrons. The molecule has 0 radical (unpaired) electrons. The summed E-state index contributed by atoms with van der Waals surface area (Å²) in [6, 6.07) is 0. The Morgan fingerprint density at radius 2 is 1.78 bits per heavy atom. The molecule has 1 aromatic rings. The number of hydrogen-bond acceptors (Lipinski definition) is 4. The van der Waals surface area contributed by atoms with Crippen LogP contribution in [0.4, 0.5) is 0 Å². The van der Waals surface area contributed by atoms with E-state index in [1.807, 2.05) is 13.8 Å². The molecule has 4 heteroatoms. The first-order chi connectivity index (χ1) is 8.63. The highest BCUT2D eigenvalue weighted by Crippen LogP contribution is 2.21. The van der Waals surface area contributed by atoms with Crippen LogP contribution >= 0.6 is 0 Å². The highest BCUT2D eigenvalue weighted by Gasteiger charge is 2.16. The fourth-order valence-electron chi connectivity index (χ4n) is 2.03. The van der Waals surface area contributed by atoms with Gasteiger partial charge in [-0.15, -0.1) is 0 Å². The van der Waals surface area contributed by atoms with Crippen LogP contribution < -0.4 is 5.32 Å². The van der Waals surface area contributed by atoms with Crippen molar-refractivity contribution in [3.63, 3.8) is 0 Å². The lowest BCUT2D eigenvalue weighted by atomic mass is 10.1. The summed E-state index contributed by atoms with van der Waals surface area (Å²) in [5.74, 6) is 0.814. The maximum atomic E-state index is 5.47. The minimum Gasteiger partial charge on any atom is -0.373 e. The third-order valence-corrected chi connectivity index (χ3v) is 3.11. The number of methoxy groups -OCH3 is 1. The van der Waals surface area contributed by atoms with Gasteiger partial charge in [0.1, 0.15) is 6.10 Å². The second-order valence-electron chi connectivity index (χ2n) is 4.52. The molecule has 0 amide bonds. The zero-order chi connectivity index (χ0) is 13.5. The molecule has 1 rings (SSSR count). The smallest absolute Gasteiger partial charge is 0.157 e. The molecule has 0 spiro atoms. The molecule has 0 fully saturated rings. The van der Waals surface area contributed by atoms with Crippen molar-refractivity contribution in [2.75, 3.05) is 13.7 Å². The lowest BCUT2D eigenvalue weighted by Gasteiger charge is -2.16. The van der Waals surface area contributed by atoms with Crippen LogP contribution in [0.3, 0.4) is 0 Å². The summed E-state index contributed by atoms with van der Waals surface area (Å²) in [6.45, 7) is 10.1. The normalized spacial score (nSPS) is 12.7. The van der Waals surface area contributed by atoms with Crippen LogP contribution in [0.5, 0.6) is 0 Å². The number of hydrogen-bond donors (Lipinski definition) is 1. The number of ether oxygens (including phenoxy) is 1. The predicted octanol–water partition coefficient (Wildman–Crippen LogP) is 2.69. The van der Waals surface area contributed by atoms with E-state index in [0.29, 0.717) is 0 Å². The van der Waals surface area contributed by atoms with Crippen molar-refractivity contribution in [3.05, 3.63) is 22.8 Å². The Bertz CT molecular complexity index is 356. The Hall–Kier alpha value is -1.00. The van der Waals surface area contributed by atoms with E-state index in [1.54, 1.807) is 7.11 Å². The molecule has 0 bridgehead atoms. The topological polar surface area (TPSA) is 47.0 Å². The van der Waals surface area contributed by atoms with E-state index in [1.165, 1.54) is 5.56 Å². The molecule has 0 aliphatic carbocycles. The first kappa shape index (κ1) is 15.1. The van der Waals surface area contributed by atoms with Gasteiger partial charge in [-0.2, -0.15) is 0 Å². The minimum atomic E-state index is 0.0144. The van der Waals surface area contributed by atoms with Crippen molar-refractivity contribution in [3.8, 4) is 0 Å². The van der Waals surface area contributed by atoms with Gasteiger partial charge in [0, 0.05) is 30.6 Å². The minimum absolute atomic E-state index is 0.0144. The largest absolute Gasteiger partial charge is 0.373 e. The Morgan fingerprint density at radius 1 is 1.17 bits per heavy atom. The fourth-order valence-corrected chi connectivity index (χ4v) is 2.03. The van der Waals surface area contributed by atoms with Gasteiger partial charge in [-0.25, -0.2) is 9.97 Å². The van der Waals surface area contributed by atoms with Gasteiger partial charge in [0.15, 0.2) is 5.82 Å². The highest BCUT2D eigenvalue weighted by atomic mass is 16.5. The number of rotatable bonds is 7. The van der Waals surface area contributed by atoms with E-state index in [2.05, 4.69) is 29.1 Å². The zero-order valence-corrected chi connectivity index (χ0v) is 12.2. The number of nitrogens with one attached hydrogen (secondary N) is 1. The molecule has 0 saturated carbocycles. The van der Waals surface area contributed by atoms with E-state index < -0.39 is 0 Å². The van der Waals surface area contributed by atoms with Crippen LogP contribution in [-0.2, 0) is 11.3 Å². The molecule has 1 heterocycles. The third kappa shape index (κ3) is 3.75. The van der Waals surface area contributed by atoms with Gasteiger partial charge in [-0.3, -0.25) is 0 Å². The highest BCUT2D eigenvalue weighted by molar-refractivity contribution is 5.24. The molecular formula is C14H25N3O. The summed E-state index contributed by atoms with van der Waals surface area (Å²) < 4.78 is 5.47. The molecule has 0 aromatic carbocycles. The van der Waals surface area contributed by atoms with Crippen molar-refractivity contribution < 1.29 is 4.74 Å². The van der Waals surface area contributed by atoms with E-state index in [-0.39, 0.29) is 6.10 Å². The Morgan fingerprint density at radius 3 is 2.22 bits per heavy atom. The first-order valence-electron chi connectivity index (χ1n) is 6.71. The van der Waals surface area contributed by atoms with E-state index in [9.17, 15) is 0 Å². The van der Waals surface area contributed by atoms with Crippen LogP contribution in [0.15, 0.2) is 0 Å².